The van der Waals surface area contributed by atoms with Gasteiger partial charge in [-0.3, -0.25) is 0 Å². The Morgan fingerprint density at radius 1 is 1.20 bits per heavy atom. The highest BCUT2D eigenvalue weighted by Gasteiger charge is 2.51. The van der Waals surface area contributed by atoms with Crippen molar-refractivity contribution in [3.05, 3.63) is 41.5 Å². The summed E-state index contributed by atoms with van der Waals surface area (Å²) in [5.41, 5.74) is 7.62. The predicted octanol–water partition coefficient (Wildman–Crippen LogP) is 2.58. The van der Waals surface area contributed by atoms with Crippen LogP contribution in [0.2, 0.25) is 0 Å². The van der Waals surface area contributed by atoms with Crippen molar-refractivity contribution in [2.45, 2.75) is 37.2 Å². The van der Waals surface area contributed by atoms with E-state index in [0.717, 1.165) is 38.0 Å². The van der Waals surface area contributed by atoms with Crippen LogP contribution in [0.5, 0.6) is 0 Å². The summed E-state index contributed by atoms with van der Waals surface area (Å²) in [5.74, 6) is 1.41. The van der Waals surface area contributed by atoms with Crippen LogP contribution >= 0.6 is 0 Å². The number of aromatic nitrogens is 2. The fourth-order valence-electron chi connectivity index (χ4n) is 2.89. The van der Waals surface area contributed by atoms with Gasteiger partial charge in [-0.25, -0.2) is 0 Å². The molecule has 0 amide bonds. The van der Waals surface area contributed by atoms with Crippen molar-refractivity contribution < 1.29 is 9.26 Å². The molecule has 1 aliphatic carbocycles. The Bertz CT molecular complexity index is 610. The van der Waals surface area contributed by atoms with Crippen molar-refractivity contribution in [1.82, 2.24) is 10.1 Å². The van der Waals surface area contributed by atoms with E-state index >= 15 is 0 Å². The quantitative estimate of drug-likeness (QED) is 0.868. The van der Waals surface area contributed by atoms with Gasteiger partial charge in [-0.15, -0.1) is 0 Å². The number of benzene rings is 1. The van der Waals surface area contributed by atoms with Gasteiger partial charge in [-0.1, -0.05) is 17.3 Å². The third-order valence-electron chi connectivity index (χ3n) is 4.28. The van der Waals surface area contributed by atoms with Crippen LogP contribution in [-0.2, 0) is 10.2 Å². The molecule has 0 bridgehead atoms. The Balaban J connectivity index is 1.65. The first kappa shape index (κ1) is 11.9. The van der Waals surface area contributed by atoms with E-state index in [1.165, 1.54) is 5.56 Å². The lowest BCUT2D eigenvalue weighted by molar-refractivity contribution is 0.103. The third-order valence-corrected chi connectivity index (χ3v) is 4.28. The molecule has 104 valence electrons. The van der Waals surface area contributed by atoms with Gasteiger partial charge in [0.05, 0.1) is 5.41 Å². The van der Waals surface area contributed by atoms with E-state index in [1.54, 1.807) is 0 Å². The van der Waals surface area contributed by atoms with Gasteiger partial charge in [0, 0.05) is 12.3 Å². The highest BCUT2D eigenvalue weighted by Crippen LogP contribution is 2.53. The van der Waals surface area contributed by atoms with Crippen LogP contribution in [-0.4, -0.2) is 16.7 Å². The summed E-state index contributed by atoms with van der Waals surface area (Å²) in [6, 6.07) is 7.95. The first-order valence-corrected chi connectivity index (χ1v) is 7.10. The molecule has 2 heterocycles. The molecule has 1 saturated heterocycles. The second kappa shape index (κ2) is 4.31. The summed E-state index contributed by atoms with van der Waals surface area (Å²) in [7, 11) is 0. The Morgan fingerprint density at radius 3 is 2.65 bits per heavy atom. The fraction of sp³-hybridized carbons (Fsp3) is 0.467. The maximum atomic E-state index is 5.75. The van der Waals surface area contributed by atoms with Gasteiger partial charge in [0.15, 0.2) is 0 Å². The Kier molecular flexibility index (Phi) is 2.57. The van der Waals surface area contributed by atoms with Crippen LogP contribution in [0.1, 0.15) is 49.1 Å². The topological polar surface area (TPSA) is 74.2 Å². The predicted molar refractivity (Wildman–Crippen MR) is 73.1 cm³/mol. The minimum atomic E-state index is -0.0996. The van der Waals surface area contributed by atoms with Crippen LogP contribution in [0.25, 0.3) is 0 Å². The van der Waals surface area contributed by atoms with Crippen LogP contribution in [0.3, 0.4) is 0 Å². The summed E-state index contributed by atoms with van der Waals surface area (Å²) < 4.78 is 11.1. The van der Waals surface area contributed by atoms with Gasteiger partial charge in [0.1, 0.15) is 6.10 Å². The zero-order chi connectivity index (χ0) is 13.6. The van der Waals surface area contributed by atoms with Crippen LogP contribution in [0.4, 0.5) is 5.69 Å². The fourth-order valence-corrected chi connectivity index (χ4v) is 2.89. The Morgan fingerprint density at radius 2 is 2.00 bits per heavy atom. The van der Waals surface area contributed by atoms with E-state index in [-0.39, 0.29) is 11.5 Å². The van der Waals surface area contributed by atoms with E-state index in [2.05, 4.69) is 22.3 Å². The maximum absolute atomic E-state index is 5.75. The zero-order valence-electron chi connectivity index (χ0n) is 11.2. The van der Waals surface area contributed by atoms with Crippen LogP contribution in [0.15, 0.2) is 28.8 Å². The van der Waals surface area contributed by atoms with E-state index in [4.69, 9.17) is 15.0 Å². The number of anilines is 1. The summed E-state index contributed by atoms with van der Waals surface area (Å²) >= 11 is 0. The number of ether oxygens (including phenoxy) is 1. The Labute approximate surface area is 117 Å². The molecule has 0 spiro atoms. The molecular weight excluding hydrogens is 254 g/mol. The first-order chi connectivity index (χ1) is 9.78. The maximum Gasteiger partial charge on any atom is 0.237 e. The molecule has 1 saturated carbocycles. The third kappa shape index (κ3) is 1.81. The molecule has 1 atom stereocenters. The molecule has 4 rings (SSSR count). The molecule has 0 radical (unpaired) electrons. The average Bonchev–Trinajstić information content (AvgIpc) is 2.93. The molecule has 1 aliphatic heterocycles. The molecule has 2 aromatic rings. The molecule has 1 aromatic heterocycles. The van der Waals surface area contributed by atoms with Gasteiger partial charge in [0.25, 0.3) is 0 Å². The van der Waals surface area contributed by atoms with Gasteiger partial charge >= 0.3 is 0 Å². The largest absolute Gasteiger partial charge is 0.399 e. The summed E-state index contributed by atoms with van der Waals surface area (Å²) in [6.45, 7) is 0.789. The standard InChI is InChI=1S/C15H17N3O2/c16-11-5-3-10(4-6-11)15(7-8-15)14-17-13(18-20-14)12-2-1-9-19-12/h3-6,12H,1-2,7-9,16H2. The molecule has 5 nitrogen and oxygen atoms in total. The van der Waals surface area contributed by atoms with Crippen molar-refractivity contribution in [3.63, 3.8) is 0 Å². The summed E-state index contributed by atoms with van der Waals surface area (Å²) in [5, 5.41) is 4.11. The highest BCUT2D eigenvalue weighted by atomic mass is 16.5. The van der Waals surface area contributed by atoms with Crippen molar-refractivity contribution in [1.29, 1.82) is 0 Å². The van der Waals surface area contributed by atoms with Gasteiger partial charge in [0.2, 0.25) is 11.7 Å². The van der Waals surface area contributed by atoms with E-state index in [0.29, 0.717) is 11.7 Å². The number of hydrogen-bond donors (Lipinski definition) is 1. The molecule has 1 aromatic carbocycles. The molecule has 2 N–H and O–H groups in total. The summed E-state index contributed by atoms with van der Waals surface area (Å²) in [4.78, 5) is 4.59. The van der Waals surface area contributed by atoms with Crippen LogP contribution < -0.4 is 5.73 Å². The molecule has 2 aliphatic rings. The number of nitrogens with zero attached hydrogens (tertiary/aromatic N) is 2. The van der Waals surface area contributed by atoms with Crippen molar-refractivity contribution in [2.24, 2.45) is 0 Å². The summed E-state index contributed by atoms with van der Waals surface area (Å²) in [6.07, 6.45) is 4.15. The number of hydrogen-bond acceptors (Lipinski definition) is 5. The minimum Gasteiger partial charge on any atom is -0.399 e. The lowest BCUT2D eigenvalue weighted by Gasteiger charge is -2.10. The number of nitrogens with two attached hydrogens (primary N) is 1. The van der Waals surface area contributed by atoms with Crippen molar-refractivity contribution in [3.8, 4) is 0 Å². The molecule has 20 heavy (non-hydrogen) atoms. The normalized spacial score (nSPS) is 23.9. The highest BCUT2D eigenvalue weighted by molar-refractivity contribution is 5.46. The first-order valence-electron chi connectivity index (χ1n) is 7.10. The average molecular weight is 271 g/mol. The molecule has 1 unspecified atom stereocenters. The molecule has 5 heteroatoms. The second-order valence-corrected chi connectivity index (χ2v) is 5.66. The van der Waals surface area contributed by atoms with E-state index in [1.807, 2.05) is 12.1 Å². The van der Waals surface area contributed by atoms with E-state index in [9.17, 15) is 0 Å². The van der Waals surface area contributed by atoms with Gasteiger partial charge in [-0.05, 0) is 43.4 Å². The van der Waals surface area contributed by atoms with Crippen molar-refractivity contribution >= 4 is 5.69 Å². The van der Waals surface area contributed by atoms with Crippen molar-refractivity contribution in [2.75, 3.05) is 12.3 Å². The smallest absolute Gasteiger partial charge is 0.237 e. The zero-order valence-corrected chi connectivity index (χ0v) is 11.2. The van der Waals surface area contributed by atoms with E-state index < -0.39 is 0 Å². The lowest BCUT2D eigenvalue weighted by atomic mass is 9.95. The molecule has 2 fully saturated rings. The van der Waals surface area contributed by atoms with Gasteiger partial charge < -0.3 is 15.0 Å². The monoisotopic (exact) mass is 271 g/mol. The number of nitrogen functional groups attached to an aromatic ring is 1. The lowest BCUT2D eigenvalue weighted by Crippen LogP contribution is -2.09. The molecular formula is C15H17N3O2. The minimum absolute atomic E-state index is 0.00900. The SMILES string of the molecule is Nc1ccc(C2(c3nc(C4CCCO4)no3)CC2)cc1. The Hall–Kier alpha value is -1.88. The second-order valence-electron chi connectivity index (χ2n) is 5.66. The van der Waals surface area contributed by atoms with Crippen LogP contribution in [0, 0.1) is 0 Å². The van der Waals surface area contributed by atoms with Gasteiger partial charge in [-0.2, -0.15) is 4.98 Å². The number of rotatable bonds is 3.